The van der Waals surface area contributed by atoms with E-state index in [1.807, 2.05) is 12.3 Å². The van der Waals surface area contributed by atoms with Gasteiger partial charge in [-0.2, -0.15) is 0 Å². The summed E-state index contributed by atoms with van der Waals surface area (Å²) in [7, 11) is 0. The number of rotatable bonds is 7. The van der Waals surface area contributed by atoms with E-state index in [-0.39, 0.29) is 6.61 Å². The number of benzene rings is 1. The van der Waals surface area contributed by atoms with Crippen molar-refractivity contribution in [3.05, 3.63) is 64.1 Å². The molecule has 1 fully saturated rings. The van der Waals surface area contributed by atoms with E-state index in [4.69, 9.17) is 14.7 Å². The second-order valence-corrected chi connectivity index (χ2v) is 9.59. The smallest absolute Gasteiger partial charge is 0.407 e. The van der Waals surface area contributed by atoms with Crippen molar-refractivity contribution in [2.75, 3.05) is 24.5 Å². The maximum Gasteiger partial charge on any atom is 0.407 e. The molecule has 174 valence electrons. The molecule has 3 aromatic rings. The molecule has 33 heavy (non-hydrogen) atoms. The third-order valence-electron chi connectivity index (χ3n) is 6.02. The molecule has 0 bridgehead atoms. The molecule has 7 heteroatoms. The first-order valence-corrected chi connectivity index (χ1v) is 12.6. The van der Waals surface area contributed by atoms with Gasteiger partial charge in [0.2, 0.25) is 0 Å². The number of hydrogen-bond donors (Lipinski definition) is 1. The van der Waals surface area contributed by atoms with Crippen LogP contribution in [0.15, 0.2) is 47.8 Å². The van der Waals surface area contributed by atoms with Gasteiger partial charge in [-0.1, -0.05) is 44.2 Å². The van der Waals surface area contributed by atoms with Crippen molar-refractivity contribution in [1.29, 1.82) is 0 Å². The average Bonchev–Trinajstić information content (AvgIpc) is 3.32. The molecule has 0 atom stereocenters. The Bertz CT molecular complexity index is 1060. The number of nitrogens with one attached hydrogen (secondary N) is 1. The molecule has 1 N–H and O–H groups in total. The number of carbonyl (C=O) groups excluding carboxylic acids is 1. The molecule has 4 rings (SSSR count). The van der Waals surface area contributed by atoms with E-state index >= 15 is 0 Å². The number of hydrogen-bond acceptors (Lipinski definition) is 6. The number of carbonyl (C=O) groups is 1. The Morgan fingerprint density at radius 3 is 2.61 bits per heavy atom. The highest BCUT2D eigenvalue weighted by molar-refractivity contribution is 7.09. The lowest BCUT2D eigenvalue weighted by Crippen LogP contribution is -2.33. The number of piperidine rings is 1. The fourth-order valence-corrected chi connectivity index (χ4v) is 5.04. The van der Waals surface area contributed by atoms with Crippen molar-refractivity contribution in [3.8, 4) is 11.3 Å². The van der Waals surface area contributed by atoms with Crippen LogP contribution >= 0.6 is 11.3 Å². The largest absolute Gasteiger partial charge is 0.443 e. The van der Waals surface area contributed by atoms with Crippen molar-refractivity contribution in [3.63, 3.8) is 0 Å². The predicted molar refractivity (Wildman–Crippen MR) is 134 cm³/mol. The number of nitrogens with zero attached hydrogens (tertiary/aromatic N) is 3. The van der Waals surface area contributed by atoms with Gasteiger partial charge in [-0.15, -0.1) is 11.3 Å². The normalized spacial score (nSPS) is 14.5. The van der Waals surface area contributed by atoms with E-state index in [2.05, 4.69) is 66.5 Å². The number of ether oxygens (including phenoxy) is 1. The Morgan fingerprint density at radius 2 is 1.91 bits per heavy atom. The van der Waals surface area contributed by atoms with Crippen molar-refractivity contribution in [1.82, 2.24) is 15.3 Å². The summed E-state index contributed by atoms with van der Waals surface area (Å²) in [5.74, 6) is 2.01. The number of alkyl carbamates (subject to hydrolysis) is 1. The molecule has 0 aliphatic carbocycles. The van der Waals surface area contributed by atoms with Crippen molar-refractivity contribution < 1.29 is 9.53 Å². The number of anilines is 1. The second kappa shape index (κ2) is 10.8. The SMILES string of the molecule is CCNC(=O)OCc1csc(C2CCN(c3cccc(-c4ccc(C(C)C)cc4)n3)CC2)n1. The second-order valence-electron chi connectivity index (χ2n) is 8.70. The van der Waals surface area contributed by atoms with Crippen LogP contribution in [-0.2, 0) is 11.3 Å². The van der Waals surface area contributed by atoms with Crippen LogP contribution in [0.5, 0.6) is 0 Å². The summed E-state index contributed by atoms with van der Waals surface area (Å²) < 4.78 is 5.19. The van der Waals surface area contributed by atoms with E-state index in [0.29, 0.717) is 18.4 Å². The molecular weight excluding hydrogens is 432 g/mol. The van der Waals surface area contributed by atoms with Crippen LogP contribution in [0.4, 0.5) is 10.6 Å². The summed E-state index contributed by atoms with van der Waals surface area (Å²) in [5.41, 5.74) is 4.34. The van der Waals surface area contributed by atoms with Gasteiger partial charge in [-0.05, 0) is 43.4 Å². The van der Waals surface area contributed by atoms with Crippen LogP contribution in [-0.4, -0.2) is 35.7 Å². The summed E-state index contributed by atoms with van der Waals surface area (Å²) >= 11 is 1.66. The van der Waals surface area contributed by atoms with Gasteiger partial charge < -0.3 is 15.0 Å². The Morgan fingerprint density at radius 1 is 1.15 bits per heavy atom. The monoisotopic (exact) mass is 464 g/mol. The van der Waals surface area contributed by atoms with Gasteiger partial charge in [0.15, 0.2) is 0 Å². The maximum atomic E-state index is 11.5. The van der Waals surface area contributed by atoms with Gasteiger partial charge >= 0.3 is 6.09 Å². The zero-order chi connectivity index (χ0) is 23.2. The highest BCUT2D eigenvalue weighted by Gasteiger charge is 2.24. The van der Waals surface area contributed by atoms with Crippen LogP contribution < -0.4 is 10.2 Å². The zero-order valence-electron chi connectivity index (χ0n) is 19.6. The molecule has 1 aliphatic rings. The molecule has 0 spiro atoms. The van der Waals surface area contributed by atoms with Crippen molar-refractivity contribution >= 4 is 23.2 Å². The van der Waals surface area contributed by atoms with Gasteiger partial charge in [0.25, 0.3) is 0 Å². The Kier molecular flexibility index (Phi) is 7.60. The zero-order valence-corrected chi connectivity index (χ0v) is 20.4. The lowest BCUT2D eigenvalue weighted by atomic mass is 9.97. The minimum absolute atomic E-state index is 0.218. The van der Waals surface area contributed by atoms with Crippen LogP contribution in [0.25, 0.3) is 11.3 Å². The minimum atomic E-state index is -0.397. The molecule has 1 aliphatic heterocycles. The van der Waals surface area contributed by atoms with Gasteiger partial charge in [-0.25, -0.2) is 14.8 Å². The molecular formula is C26H32N4O2S. The molecule has 1 aromatic carbocycles. The summed E-state index contributed by atoms with van der Waals surface area (Å²) in [6.45, 7) is 8.98. The third-order valence-corrected chi connectivity index (χ3v) is 7.07. The maximum absolute atomic E-state index is 11.5. The highest BCUT2D eigenvalue weighted by Crippen LogP contribution is 2.32. The quantitative estimate of drug-likeness (QED) is 0.467. The van der Waals surface area contributed by atoms with Gasteiger partial charge in [0.1, 0.15) is 12.4 Å². The van der Waals surface area contributed by atoms with Crippen LogP contribution in [0.1, 0.15) is 61.7 Å². The van der Waals surface area contributed by atoms with Gasteiger partial charge in [-0.3, -0.25) is 0 Å². The van der Waals surface area contributed by atoms with E-state index in [1.54, 1.807) is 11.3 Å². The first-order valence-electron chi connectivity index (χ1n) is 11.7. The topological polar surface area (TPSA) is 67.3 Å². The fourth-order valence-electron chi connectivity index (χ4n) is 4.07. The summed E-state index contributed by atoms with van der Waals surface area (Å²) in [4.78, 5) is 23.5. The summed E-state index contributed by atoms with van der Waals surface area (Å²) in [6, 6.07) is 15.0. The first-order chi connectivity index (χ1) is 16.0. The Balaban J connectivity index is 1.35. The van der Waals surface area contributed by atoms with Gasteiger partial charge in [0, 0.05) is 36.5 Å². The number of aromatic nitrogens is 2. The molecule has 2 aromatic heterocycles. The van der Waals surface area contributed by atoms with E-state index in [9.17, 15) is 4.79 Å². The van der Waals surface area contributed by atoms with Crippen LogP contribution in [0, 0.1) is 0 Å². The molecule has 0 saturated carbocycles. The number of amides is 1. The Labute approximate surface area is 200 Å². The average molecular weight is 465 g/mol. The first kappa shape index (κ1) is 23.2. The summed E-state index contributed by atoms with van der Waals surface area (Å²) in [6.07, 6.45) is 1.68. The molecule has 1 amide bonds. The predicted octanol–water partition coefficient (Wildman–Crippen LogP) is 5.96. The molecule has 3 heterocycles. The van der Waals surface area contributed by atoms with Crippen LogP contribution in [0.3, 0.4) is 0 Å². The number of pyridine rings is 1. The highest BCUT2D eigenvalue weighted by atomic mass is 32.1. The molecule has 1 saturated heterocycles. The minimum Gasteiger partial charge on any atom is -0.443 e. The lowest BCUT2D eigenvalue weighted by molar-refractivity contribution is 0.139. The lowest BCUT2D eigenvalue weighted by Gasteiger charge is -2.32. The van der Waals surface area contributed by atoms with E-state index in [1.165, 1.54) is 5.56 Å². The van der Waals surface area contributed by atoms with Gasteiger partial charge in [0.05, 0.1) is 16.4 Å². The molecule has 0 unspecified atom stereocenters. The fraction of sp³-hybridized carbons (Fsp3) is 0.423. The third kappa shape index (κ3) is 5.90. The van der Waals surface area contributed by atoms with E-state index < -0.39 is 6.09 Å². The van der Waals surface area contributed by atoms with E-state index in [0.717, 1.165) is 53.7 Å². The number of thiazole rings is 1. The molecule has 6 nitrogen and oxygen atoms in total. The summed E-state index contributed by atoms with van der Waals surface area (Å²) in [5, 5.41) is 5.76. The standard InChI is InChI=1S/C26H32N4O2S/c1-4-27-26(31)32-16-22-17-33-25(28-22)21-12-14-30(15-13-21)24-7-5-6-23(29-24)20-10-8-19(9-11-20)18(2)3/h5-11,17-18,21H,4,12-16H2,1-3H3,(H,27,31). The van der Waals surface area contributed by atoms with Crippen LogP contribution in [0.2, 0.25) is 0 Å². The van der Waals surface area contributed by atoms with Crippen molar-refractivity contribution in [2.45, 2.75) is 52.1 Å². The van der Waals surface area contributed by atoms with Crippen molar-refractivity contribution in [2.24, 2.45) is 0 Å². The Hall–Kier alpha value is -2.93. The molecule has 0 radical (unpaired) electrons.